The standard InChI is InChI=1S/C8H10N2/c1-4-8-6(2)9-5-10-7(8)3/h4-5H,1H2,2-3H3. The Kier molecular flexibility index (Phi) is 1.81. The number of hydrogen-bond acceptors (Lipinski definition) is 2. The smallest absolute Gasteiger partial charge is 0.115 e. The number of aryl methyl sites for hydroxylation is 2. The number of nitrogens with zero attached hydrogens (tertiary/aromatic N) is 2. The molecule has 52 valence electrons. The van der Waals surface area contributed by atoms with Crippen LogP contribution in [0, 0.1) is 13.8 Å². The summed E-state index contributed by atoms with van der Waals surface area (Å²) in [6.07, 6.45) is 3.35. The molecule has 0 spiro atoms. The second kappa shape index (κ2) is 2.60. The van der Waals surface area contributed by atoms with E-state index >= 15 is 0 Å². The van der Waals surface area contributed by atoms with Gasteiger partial charge in [-0.05, 0) is 13.8 Å². The molecule has 1 aromatic rings. The summed E-state index contributed by atoms with van der Waals surface area (Å²) in [6.45, 7) is 7.57. The molecule has 0 radical (unpaired) electrons. The van der Waals surface area contributed by atoms with Crippen LogP contribution in [0.5, 0.6) is 0 Å². The fourth-order valence-corrected chi connectivity index (χ4v) is 0.898. The van der Waals surface area contributed by atoms with E-state index in [1.54, 1.807) is 12.4 Å². The first-order valence-corrected chi connectivity index (χ1v) is 3.16. The lowest BCUT2D eigenvalue weighted by Gasteiger charge is -1.99. The van der Waals surface area contributed by atoms with Crippen LogP contribution in [0.4, 0.5) is 0 Å². The molecule has 0 aromatic carbocycles. The van der Waals surface area contributed by atoms with Crippen molar-refractivity contribution < 1.29 is 0 Å². The van der Waals surface area contributed by atoms with Gasteiger partial charge in [-0.1, -0.05) is 12.7 Å². The van der Waals surface area contributed by atoms with Crippen molar-refractivity contribution in [1.82, 2.24) is 9.97 Å². The van der Waals surface area contributed by atoms with Gasteiger partial charge in [-0.25, -0.2) is 9.97 Å². The van der Waals surface area contributed by atoms with Crippen LogP contribution in [0.1, 0.15) is 17.0 Å². The maximum Gasteiger partial charge on any atom is 0.115 e. The van der Waals surface area contributed by atoms with Crippen molar-refractivity contribution in [1.29, 1.82) is 0 Å². The highest BCUT2D eigenvalue weighted by Crippen LogP contribution is 2.07. The summed E-state index contributed by atoms with van der Waals surface area (Å²) in [7, 11) is 0. The lowest BCUT2D eigenvalue weighted by molar-refractivity contribution is 1.04. The van der Waals surface area contributed by atoms with Crippen molar-refractivity contribution in [2.24, 2.45) is 0 Å². The van der Waals surface area contributed by atoms with E-state index in [2.05, 4.69) is 16.5 Å². The molecule has 0 bridgehead atoms. The fraction of sp³-hybridized carbons (Fsp3) is 0.250. The summed E-state index contributed by atoms with van der Waals surface area (Å²) in [5, 5.41) is 0. The lowest BCUT2D eigenvalue weighted by Crippen LogP contribution is -1.92. The Hall–Kier alpha value is -1.18. The summed E-state index contributed by atoms with van der Waals surface area (Å²) in [5.74, 6) is 0. The van der Waals surface area contributed by atoms with Gasteiger partial charge in [0.1, 0.15) is 6.33 Å². The highest BCUT2D eigenvalue weighted by molar-refractivity contribution is 5.51. The minimum atomic E-state index is 0.988. The molecule has 0 aliphatic heterocycles. The van der Waals surface area contributed by atoms with Gasteiger partial charge >= 0.3 is 0 Å². The topological polar surface area (TPSA) is 25.8 Å². The van der Waals surface area contributed by atoms with Crippen LogP contribution < -0.4 is 0 Å². The normalized spacial score (nSPS) is 9.40. The summed E-state index contributed by atoms with van der Waals surface area (Å²) < 4.78 is 0. The molecule has 0 unspecified atom stereocenters. The second-order valence-electron chi connectivity index (χ2n) is 2.16. The first-order valence-electron chi connectivity index (χ1n) is 3.16. The van der Waals surface area contributed by atoms with Gasteiger partial charge in [0.2, 0.25) is 0 Å². The Balaban J connectivity index is 3.30. The molecular weight excluding hydrogens is 124 g/mol. The minimum absolute atomic E-state index is 0.988. The SMILES string of the molecule is C=Cc1c(C)ncnc1C. The van der Waals surface area contributed by atoms with Crippen LogP contribution in [0.3, 0.4) is 0 Å². The fourth-order valence-electron chi connectivity index (χ4n) is 0.898. The van der Waals surface area contributed by atoms with Gasteiger partial charge in [0.25, 0.3) is 0 Å². The summed E-state index contributed by atoms with van der Waals surface area (Å²) in [5.41, 5.74) is 3.02. The zero-order valence-electron chi connectivity index (χ0n) is 6.26. The quantitative estimate of drug-likeness (QED) is 0.584. The average Bonchev–Trinajstić information content (AvgIpc) is 1.88. The van der Waals surface area contributed by atoms with E-state index in [1.807, 2.05) is 13.8 Å². The van der Waals surface area contributed by atoms with Crippen molar-refractivity contribution in [3.63, 3.8) is 0 Å². The molecule has 0 fully saturated rings. The van der Waals surface area contributed by atoms with E-state index in [4.69, 9.17) is 0 Å². The van der Waals surface area contributed by atoms with Gasteiger partial charge in [0.15, 0.2) is 0 Å². The largest absolute Gasteiger partial charge is 0.241 e. The first-order chi connectivity index (χ1) is 4.75. The molecule has 0 aliphatic carbocycles. The van der Waals surface area contributed by atoms with Crippen LogP contribution in [0.25, 0.3) is 6.08 Å². The Morgan fingerprint density at radius 2 is 1.80 bits per heavy atom. The summed E-state index contributed by atoms with van der Waals surface area (Å²) in [4.78, 5) is 8.06. The molecule has 0 saturated carbocycles. The van der Waals surface area contributed by atoms with Crippen molar-refractivity contribution in [3.8, 4) is 0 Å². The summed E-state index contributed by atoms with van der Waals surface area (Å²) in [6, 6.07) is 0. The molecule has 2 heteroatoms. The van der Waals surface area contributed by atoms with Crippen molar-refractivity contribution >= 4 is 6.08 Å². The molecule has 10 heavy (non-hydrogen) atoms. The van der Waals surface area contributed by atoms with E-state index < -0.39 is 0 Å². The van der Waals surface area contributed by atoms with Gasteiger partial charge in [-0.15, -0.1) is 0 Å². The van der Waals surface area contributed by atoms with Gasteiger partial charge in [-0.2, -0.15) is 0 Å². The zero-order valence-corrected chi connectivity index (χ0v) is 6.26. The van der Waals surface area contributed by atoms with E-state index in [0.717, 1.165) is 17.0 Å². The molecule has 0 amide bonds. The van der Waals surface area contributed by atoms with Gasteiger partial charge in [-0.3, -0.25) is 0 Å². The zero-order chi connectivity index (χ0) is 7.56. The Bertz CT molecular complexity index is 233. The predicted octanol–water partition coefficient (Wildman–Crippen LogP) is 1.74. The highest BCUT2D eigenvalue weighted by Gasteiger charge is 1.97. The van der Waals surface area contributed by atoms with Gasteiger partial charge < -0.3 is 0 Å². The molecule has 1 heterocycles. The molecular formula is C8H10N2. The maximum absolute atomic E-state index is 4.03. The lowest BCUT2D eigenvalue weighted by atomic mass is 10.2. The van der Waals surface area contributed by atoms with E-state index in [0.29, 0.717) is 0 Å². The predicted molar refractivity (Wildman–Crippen MR) is 41.6 cm³/mol. The molecule has 0 atom stereocenters. The average molecular weight is 134 g/mol. The molecule has 2 nitrogen and oxygen atoms in total. The highest BCUT2D eigenvalue weighted by atomic mass is 14.8. The molecule has 0 saturated heterocycles. The number of aromatic nitrogens is 2. The van der Waals surface area contributed by atoms with Crippen LogP contribution in [-0.2, 0) is 0 Å². The molecule has 0 N–H and O–H groups in total. The van der Waals surface area contributed by atoms with Crippen molar-refractivity contribution in [2.45, 2.75) is 13.8 Å². The molecule has 0 aliphatic rings. The molecule has 1 aromatic heterocycles. The van der Waals surface area contributed by atoms with Gasteiger partial charge in [0.05, 0.1) is 0 Å². The van der Waals surface area contributed by atoms with Crippen molar-refractivity contribution in [3.05, 3.63) is 29.9 Å². The van der Waals surface area contributed by atoms with Crippen molar-refractivity contribution in [2.75, 3.05) is 0 Å². The monoisotopic (exact) mass is 134 g/mol. The first kappa shape index (κ1) is 6.93. The Morgan fingerprint density at radius 1 is 1.30 bits per heavy atom. The maximum atomic E-state index is 4.03. The third-order valence-corrected chi connectivity index (χ3v) is 1.49. The van der Waals surface area contributed by atoms with Gasteiger partial charge in [0, 0.05) is 17.0 Å². The van der Waals surface area contributed by atoms with E-state index in [9.17, 15) is 0 Å². The number of hydrogen-bond donors (Lipinski definition) is 0. The summed E-state index contributed by atoms with van der Waals surface area (Å²) >= 11 is 0. The Labute approximate surface area is 60.6 Å². The van der Waals surface area contributed by atoms with Crippen LogP contribution in [-0.4, -0.2) is 9.97 Å². The van der Waals surface area contributed by atoms with E-state index in [1.165, 1.54) is 0 Å². The third kappa shape index (κ3) is 1.05. The third-order valence-electron chi connectivity index (χ3n) is 1.49. The van der Waals surface area contributed by atoms with Crippen LogP contribution in [0.15, 0.2) is 12.9 Å². The van der Waals surface area contributed by atoms with Crippen LogP contribution in [0.2, 0.25) is 0 Å². The second-order valence-corrected chi connectivity index (χ2v) is 2.16. The Morgan fingerprint density at radius 3 is 2.10 bits per heavy atom. The van der Waals surface area contributed by atoms with E-state index in [-0.39, 0.29) is 0 Å². The minimum Gasteiger partial charge on any atom is -0.241 e. The number of rotatable bonds is 1. The van der Waals surface area contributed by atoms with Crippen LogP contribution >= 0.6 is 0 Å². The molecule has 1 rings (SSSR count).